The molecule has 0 aliphatic heterocycles. The minimum atomic E-state index is -1.04. The van der Waals surface area contributed by atoms with Crippen LogP contribution < -0.4 is 5.32 Å². The first-order chi connectivity index (χ1) is 13.0. The summed E-state index contributed by atoms with van der Waals surface area (Å²) in [7, 11) is 0. The topological polar surface area (TPSA) is 69.6 Å². The number of carboxylic acid groups (broad SMARTS) is 1. The van der Waals surface area contributed by atoms with E-state index in [1.807, 2.05) is 42.5 Å². The van der Waals surface area contributed by atoms with Gasteiger partial charge in [0.2, 0.25) is 0 Å². The molecule has 2 N–H and O–H groups in total. The Kier molecular flexibility index (Phi) is 8.01. The van der Waals surface area contributed by atoms with Crippen LogP contribution in [0, 0.1) is 0 Å². The van der Waals surface area contributed by atoms with Crippen molar-refractivity contribution in [3.8, 4) is 0 Å². The third kappa shape index (κ3) is 6.53. The normalized spacial score (nSPS) is 12.0. The van der Waals surface area contributed by atoms with Crippen LogP contribution in [0.5, 0.6) is 0 Å². The largest absolute Gasteiger partial charge is 0.480 e. The lowest BCUT2D eigenvalue weighted by Crippen LogP contribution is -2.42. The zero-order valence-electron chi connectivity index (χ0n) is 16.0. The maximum absolute atomic E-state index is 12.5. The van der Waals surface area contributed by atoms with Crippen molar-refractivity contribution < 1.29 is 14.7 Å². The number of aliphatic carboxylic acids is 1. The molecule has 0 fully saturated rings. The highest BCUT2D eigenvalue weighted by molar-refractivity contribution is 5.96. The van der Waals surface area contributed by atoms with E-state index in [2.05, 4.69) is 24.1 Å². The summed E-state index contributed by atoms with van der Waals surface area (Å²) in [6, 6.07) is 15.7. The molecule has 5 heteroatoms. The van der Waals surface area contributed by atoms with E-state index in [0.717, 1.165) is 37.2 Å². The second-order valence-electron chi connectivity index (χ2n) is 6.62. The highest BCUT2D eigenvalue weighted by Gasteiger charge is 2.21. The zero-order chi connectivity index (χ0) is 19.6. The molecule has 0 radical (unpaired) electrons. The van der Waals surface area contributed by atoms with Gasteiger partial charge in [-0.05, 0) is 42.8 Å². The Bertz CT molecular complexity index is 729. The van der Waals surface area contributed by atoms with Gasteiger partial charge in [0.25, 0.3) is 5.91 Å². The molecule has 0 aliphatic rings. The number of carbonyl (C=O) groups excluding carboxylic acids is 1. The molecular formula is C22H28N2O3. The summed E-state index contributed by atoms with van der Waals surface area (Å²) in [6.07, 6.45) is 1.36. The van der Waals surface area contributed by atoms with Gasteiger partial charge in [-0.15, -0.1) is 0 Å². The number of carbonyl (C=O) groups is 2. The van der Waals surface area contributed by atoms with Gasteiger partial charge in [0.15, 0.2) is 0 Å². The molecule has 0 heterocycles. The number of carboxylic acids is 1. The number of nitrogens with zero attached hydrogens (tertiary/aromatic N) is 1. The molecule has 2 aromatic rings. The lowest BCUT2D eigenvalue weighted by atomic mass is 10.1. The molecule has 1 atom stereocenters. The highest BCUT2D eigenvalue weighted by atomic mass is 16.4. The van der Waals surface area contributed by atoms with Crippen molar-refractivity contribution in [3.63, 3.8) is 0 Å². The second-order valence-corrected chi connectivity index (χ2v) is 6.62. The van der Waals surface area contributed by atoms with Crippen molar-refractivity contribution >= 4 is 11.9 Å². The smallest absolute Gasteiger partial charge is 0.326 e. The fraction of sp³-hybridized carbons (Fsp3) is 0.364. The summed E-state index contributed by atoms with van der Waals surface area (Å²) < 4.78 is 0. The van der Waals surface area contributed by atoms with Crippen LogP contribution in [0.25, 0.3) is 0 Å². The van der Waals surface area contributed by atoms with Gasteiger partial charge < -0.3 is 10.4 Å². The van der Waals surface area contributed by atoms with Gasteiger partial charge in [-0.3, -0.25) is 9.69 Å². The Morgan fingerprint density at radius 1 is 1.00 bits per heavy atom. The van der Waals surface area contributed by atoms with Crippen LogP contribution in [0.2, 0.25) is 0 Å². The number of hydrogen-bond acceptors (Lipinski definition) is 3. The van der Waals surface area contributed by atoms with E-state index in [-0.39, 0.29) is 12.3 Å². The molecule has 1 amide bonds. The van der Waals surface area contributed by atoms with Crippen LogP contribution >= 0.6 is 0 Å². The van der Waals surface area contributed by atoms with Crippen molar-refractivity contribution in [2.45, 2.75) is 39.3 Å². The van der Waals surface area contributed by atoms with Crippen LogP contribution in [0.3, 0.4) is 0 Å². The van der Waals surface area contributed by atoms with Gasteiger partial charge in [-0.1, -0.05) is 56.3 Å². The molecule has 2 aromatic carbocycles. The van der Waals surface area contributed by atoms with Gasteiger partial charge in [0.05, 0.1) is 0 Å². The molecule has 5 nitrogen and oxygen atoms in total. The molecule has 0 aromatic heterocycles. The van der Waals surface area contributed by atoms with Crippen LogP contribution in [0.15, 0.2) is 54.6 Å². The van der Waals surface area contributed by atoms with Gasteiger partial charge in [-0.25, -0.2) is 4.79 Å². The monoisotopic (exact) mass is 368 g/mol. The number of amides is 1. The van der Waals surface area contributed by atoms with E-state index in [1.54, 1.807) is 12.1 Å². The van der Waals surface area contributed by atoms with Gasteiger partial charge in [-0.2, -0.15) is 0 Å². The molecule has 0 bridgehead atoms. The van der Waals surface area contributed by atoms with E-state index in [4.69, 9.17) is 0 Å². The van der Waals surface area contributed by atoms with Crippen LogP contribution in [-0.4, -0.2) is 41.0 Å². The first-order valence-electron chi connectivity index (χ1n) is 9.42. The first-order valence-corrected chi connectivity index (χ1v) is 9.42. The molecule has 0 unspecified atom stereocenters. The van der Waals surface area contributed by atoms with Crippen molar-refractivity contribution in [1.29, 1.82) is 0 Å². The molecule has 144 valence electrons. The number of hydrogen-bond donors (Lipinski definition) is 2. The molecule has 0 spiro atoms. The Hall–Kier alpha value is -2.66. The molecular weight excluding hydrogens is 340 g/mol. The standard InChI is InChI=1S/C22H28N2O3/c1-3-14-24(4-2)16-18-10-12-19(13-11-18)21(25)23-20(22(26)27)15-17-8-6-5-7-9-17/h5-13,20H,3-4,14-16H2,1-2H3,(H,23,25)(H,26,27)/t20-/m1/s1. The maximum atomic E-state index is 12.5. The van der Waals surface area contributed by atoms with Crippen LogP contribution in [-0.2, 0) is 17.8 Å². The summed E-state index contributed by atoms with van der Waals surface area (Å²) in [6.45, 7) is 7.16. The van der Waals surface area contributed by atoms with Gasteiger partial charge in [0, 0.05) is 18.5 Å². The third-order valence-corrected chi connectivity index (χ3v) is 4.50. The zero-order valence-corrected chi connectivity index (χ0v) is 16.0. The van der Waals surface area contributed by atoms with Crippen molar-refractivity contribution in [3.05, 3.63) is 71.3 Å². The Balaban J connectivity index is 2.00. The van der Waals surface area contributed by atoms with Crippen molar-refractivity contribution in [2.24, 2.45) is 0 Å². The molecule has 27 heavy (non-hydrogen) atoms. The number of rotatable bonds is 10. The average molecular weight is 368 g/mol. The van der Waals surface area contributed by atoms with Gasteiger partial charge in [0.1, 0.15) is 6.04 Å². The summed E-state index contributed by atoms with van der Waals surface area (Å²) in [5.74, 6) is -1.41. The fourth-order valence-corrected chi connectivity index (χ4v) is 2.98. The molecule has 0 saturated heterocycles. The van der Waals surface area contributed by atoms with E-state index in [9.17, 15) is 14.7 Å². The molecule has 2 rings (SSSR count). The third-order valence-electron chi connectivity index (χ3n) is 4.50. The Morgan fingerprint density at radius 2 is 1.67 bits per heavy atom. The van der Waals surface area contributed by atoms with Gasteiger partial charge >= 0.3 is 5.97 Å². The SMILES string of the molecule is CCCN(CC)Cc1ccc(C(=O)N[C@H](Cc2ccccc2)C(=O)O)cc1. The number of benzene rings is 2. The predicted octanol–water partition coefficient (Wildman–Crippen LogP) is 3.34. The van der Waals surface area contributed by atoms with E-state index >= 15 is 0 Å². The van der Waals surface area contributed by atoms with Crippen molar-refractivity contribution in [1.82, 2.24) is 10.2 Å². The second kappa shape index (κ2) is 10.5. The minimum Gasteiger partial charge on any atom is -0.480 e. The summed E-state index contributed by atoms with van der Waals surface area (Å²) in [5.41, 5.74) is 2.48. The summed E-state index contributed by atoms with van der Waals surface area (Å²) in [5, 5.41) is 12.1. The van der Waals surface area contributed by atoms with Crippen molar-refractivity contribution in [2.75, 3.05) is 13.1 Å². The lowest BCUT2D eigenvalue weighted by Gasteiger charge is -2.19. The highest BCUT2D eigenvalue weighted by Crippen LogP contribution is 2.10. The quantitative estimate of drug-likeness (QED) is 0.675. The summed E-state index contributed by atoms with van der Waals surface area (Å²) in [4.78, 5) is 26.3. The van der Waals surface area contributed by atoms with E-state index in [1.165, 1.54) is 0 Å². The van der Waals surface area contributed by atoms with E-state index < -0.39 is 12.0 Å². The average Bonchev–Trinajstić information content (AvgIpc) is 2.68. The Morgan fingerprint density at radius 3 is 2.22 bits per heavy atom. The van der Waals surface area contributed by atoms with Crippen LogP contribution in [0.4, 0.5) is 0 Å². The molecule has 0 saturated carbocycles. The molecule has 0 aliphatic carbocycles. The Labute approximate surface area is 161 Å². The van der Waals surface area contributed by atoms with Crippen LogP contribution in [0.1, 0.15) is 41.8 Å². The number of nitrogens with one attached hydrogen (secondary N) is 1. The first kappa shape index (κ1) is 20.6. The lowest BCUT2D eigenvalue weighted by molar-refractivity contribution is -0.139. The minimum absolute atomic E-state index is 0.252. The van der Waals surface area contributed by atoms with E-state index in [0.29, 0.717) is 5.56 Å². The fourth-order valence-electron chi connectivity index (χ4n) is 2.98. The summed E-state index contributed by atoms with van der Waals surface area (Å²) >= 11 is 0. The predicted molar refractivity (Wildman–Crippen MR) is 107 cm³/mol. The maximum Gasteiger partial charge on any atom is 0.326 e.